The number of hydrogen-bond acceptors (Lipinski definition) is 5. The third-order valence-electron chi connectivity index (χ3n) is 3.57. The number of oxazole rings is 1. The van der Waals surface area contributed by atoms with Gasteiger partial charge in [-0.05, 0) is 32.2 Å². The predicted octanol–water partition coefficient (Wildman–Crippen LogP) is 2.44. The summed E-state index contributed by atoms with van der Waals surface area (Å²) in [6.07, 6.45) is 7.52. The molecule has 0 bridgehead atoms. The van der Waals surface area contributed by atoms with Crippen LogP contribution in [0.1, 0.15) is 25.7 Å². The molecule has 1 aromatic heterocycles. The number of nitrogens with zero attached hydrogens (tertiary/aromatic N) is 2. The zero-order valence-corrected chi connectivity index (χ0v) is 10.8. The quantitative estimate of drug-likeness (QED) is 0.814. The van der Waals surface area contributed by atoms with Crippen molar-refractivity contribution in [2.45, 2.75) is 36.4 Å². The summed E-state index contributed by atoms with van der Waals surface area (Å²) in [5, 5.41) is 13.2. The number of nitrogens with one attached hydrogen (secondary N) is 1. The van der Waals surface area contributed by atoms with E-state index >= 15 is 0 Å². The van der Waals surface area contributed by atoms with Crippen molar-refractivity contribution in [1.29, 1.82) is 5.26 Å². The maximum atomic E-state index is 9.32. The lowest BCUT2D eigenvalue weighted by molar-refractivity contribution is 0.331. The highest BCUT2D eigenvalue weighted by Crippen LogP contribution is 2.38. The third kappa shape index (κ3) is 2.64. The van der Waals surface area contributed by atoms with Crippen molar-refractivity contribution >= 4 is 11.8 Å². The largest absolute Gasteiger partial charge is 0.440 e. The zero-order chi connectivity index (χ0) is 12.1. The van der Waals surface area contributed by atoms with Gasteiger partial charge in [0.2, 0.25) is 0 Å². The summed E-state index contributed by atoms with van der Waals surface area (Å²) in [4.78, 5) is 4.07. The molecule has 92 valence electrons. The number of hydrogen-bond donors (Lipinski definition) is 1. The average molecular weight is 251 g/mol. The van der Waals surface area contributed by atoms with Gasteiger partial charge in [0.1, 0.15) is 11.8 Å². The van der Waals surface area contributed by atoms with Crippen LogP contribution >= 0.6 is 11.8 Å². The van der Waals surface area contributed by atoms with Gasteiger partial charge in [-0.15, -0.1) is 0 Å². The summed E-state index contributed by atoms with van der Waals surface area (Å²) in [6.45, 7) is 0. The van der Waals surface area contributed by atoms with E-state index in [2.05, 4.69) is 16.4 Å². The number of aromatic nitrogens is 1. The monoisotopic (exact) mass is 251 g/mol. The zero-order valence-electron chi connectivity index (χ0n) is 9.98. The van der Waals surface area contributed by atoms with Crippen molar-refractivity contribution in [2.75, 3.05) is 12.8 Å². The van der Waals surface area contributed by atoms with Gasteiger partial charge in [-0.2, -0.15) is 5.26 Å². The number of rotatable bonds is 5. The Labute approximate surface area is 106 Å². The van der Waals surface area contributed by atoms with E-state index in [1.165, 1.54) is 0 Å². The molecule has 0 amide bonds. The lowest BCUT2D eigenvalue weighted by Crippen LogP contribution is -2.44. The molecule has 2 unspecified atom stereocenters. The number of thioether (sulfide) groups is 1. The van der Waals surface area contributed by atoms with E-state index in [9.17, 15) is 5.26 Å². The molecule has 1 N–H and O–H groups in total. The van der Waals surface area contributed by atoms with Gasteiger partial charge in [-0.3, -0.25) is 0 Å². The summed E-state index contributed by atoms with van der Waals surface area (Å²) in [5.74, 6) is 1.40. The van der Waals surface area contributed by atoms with Gasteiger partial charge in [0, 0.05) is 5.75 Å². The third-order valence-corrected chi connectivity index (χ3v) is 4.46. The van der Waals surface area contributed by atoms with Crippen molar-refractivity contribution in [3.8, 4) is 6.07 Å². The summed E-state index contributed by atoms with van der Waals surface area (Å²) in [5.41, 5.74) is -0.308. The van der Waals surface area contributed by atoms with Gasteiger partial charge < -0.3 is 9.73 Å². The topological polar surface area (TPSA) is 61.9 Å². The second-order valence-electron chi connectivity index (χ2n) is 4.36. The maximum absolute atomic E-state index is 9.32. The second-order valence-corrected chi connectivity index (χ2v) is 5.40. The molecule has 2 rings (SSSR count). The van der Waals surface area contributed by atoms with Gasteiger partial charge in [0.05, 0.1) is 12.3 Å². The SMILES string of the molecule is CNC1(C#N)CCCC1CCSc1ncco1. The van der Waals surface area contributed by atoms with E-state index in [-0.39, 0.29) is 5.54 Å². The molecule has 0 aliphatic heterocycles. The van der Waals surface area contributed by atoms with Gasteiger partial charge in [-0.25, -0.2) is 4.98 Å². The average Bonchev–Trinajstić information content (AvgIpc) is 2.99. The first-order valence-corrected chi connectivity index (χ1v) is 6.92. The lowest BCUT2D eigenvalue weighted by atomic mass is 9.87. The minimum atomic E-state index is -0.308. The molecule has 0 spiro atoms. The molecule has 1 fully saturated rings. The number of nitriles is 1. The Balaban J connectivity index is 1.84. The summed E-state index contributed by atoms with van der Waals surface area (Å²) >= 11 is 1.62. The van der Waals surface area contributed by atoms with Crippen molar-refractivity contribution in [3.63, 3.8) is 0 Å². The van der Waals surface area contributed by atoms with E-state index < -0.39 is 0 Å². The highest BCUT2D eigenvalue weighted by atomic mass is 32.2. The molecule has 1 saturated carbocycles. The predicted molar refractivity (Wildman–Crippen MR) is 66.6 cm³/mol. The van der Waals surface area contributed by atoms with Crippen molar-refractivity contribution in [3.05, 3.63) is 12.5 Å². The normalized spacial score (nSPS) is 28.1. The molecule has 0 radical (unpaired) electrons. The van der Waals surface area contributed by atoms with Gasteiger partial charge >= 0.3 is 0 Å². The standard InChI is InChI=1S/C12H17N3OS/c1-14-12(9-13)5-2-3-10(12)4-8-17-11-15-6-7-16-11/h6-7,10,14H,2-5,8H2,1H3. The molecule has 0 saturated heterocycles. The van der Waals surface area contributed by atoms with E-state index in [4.69, 9.17) is 4.42 Å². The van der Waals surface area contributed by atoms with E-state index in [0.29, 0.717) is 5.92 Å². The molecule has 0 aromatic carbocycles. The van der Waals surface area contributed by atoms with Crippen molar-refractivity contribution < 1.29 is 4.42 Å². The Morgan fingerprint density at radius 1 is 1.76 bits per heavy atom. The summed E-state index contributed by atoms with van der Waals surface area (Å²) in [7, 11) is 1.89. The fraction of sp³-hybridized carbons (Fsp3) is 0.667. The molecule has 17 heavy (non-hydrogen) atoms. The highest BCUT2D eigenvalue weighted by Gasteiger charge is 2.41. The fourth-order valence-electron chi connectivity index (χ4n) is 2.57. The Morgan fingerprint density at radius 2 is 2.65 bits per heavy atom. The minimum absolute atomic E-state index is 0.308. The van der Waals surface area contributed by atoms with Crippen LogP contribution < -0.4 is 5.32 Å². The van der Waals surface area contributed by atoms with Crippen LogP contribution in [0.3, 0.4) is 0 Å². The Morgan fingerprint density at radius 3 is 3.29 bits per heavy atom. The maximum Gasteiger partial charge on any atom is 0.255 e. The molecule has 5 heteroatoms. The van der Waals surface area contributed by atoms with Crippen LogP contribution in [0.15, 0.2) is 22.1 Å². The smallest absolute Gasteiger partial charge is 0.255 e. The Kier molecular flexibility index (Phi) is 4.08. The molecular formula is C12H17N3OS. The van der Waals surface area contributed by atoms with Crippen LogP contribution in [0.2, 0.25) is 0 Å². The molecule has 1 aliphatic carbocycles. The van der Waals surface area contributed by atoms with Crippen LogP contribution in [0.5, 0.6) is 0 Å². The summed E-state index contributed by atoms with van der Waals surface area (Å²) in [6, 6.07) is 2.46. The molecule has 1 aromatic rings. The molecule has 2 atom stereocenters. The first kappa shape index (κ1) is 12.5. The van der Waals surface area contributed by atoms with Crippen LogP contribution in [0.4, 0.5) is 0 Å². The van der Waals surface area contributed by atoms with Gasteiger partial charge in [0.15, 0.2) is 0 Å². The van der Waals surface area contributed by atoms with Crippen LogP contribution in [-0.2, 0) is 0 Å². The molecule has 1 heterocycles. The Hall–Kier alpha value is -0.990. The van der Waals surface area contributed by atoms with Crippen molar-refractivity contribution in [2.24, 2.45) is 5.92 Å². The molecule has 4 nitrogen and oxygen atoms in total. The van der Waals surface area contributed by atoms with E-state index in [1.807, 2.05) is 7.05 Å². The fourth-order valence-corrected chi connectivity index (χ4v) is 3.41. The van der Waals surface area contributed by atoms with Crippen molar-refractivity contribution in [1.82, 2.24) is 10.3 Å². The first-order chi connectivity index (χ1) is 8.30. The summed E-state index contributed by atoms with van der Waals surface area (Å²) < 4.78 is 5.17. The van der Waals surface area contributed by atoms with E-state index in [1.54, 1.807) is 24.2 Å². The lowest BCUT2D eigenvalue weighted by Gasteiger charge is -2.27. The van der Waals surface area contributed by atoms with E-state index in [0.717, 1.165) is 36.7 Å². The van der Waals surface area contributed by atoms with Crippen LogP contribution in [0.25, 0.3) is 0 Å². The second kappa shape index (κ2) is 5.56. The van der Waals surface area contributed by atoms with Gasteiger partial charge in [-0.1, -0.05) is 18.2 Å². The minimum Gasteiger partial charge on any atom is -0.440 e. The molecular weight excluding hydrogens is 234 g/mol. The first-order valence-electron chi connectivity index (χ1n) is 5.93. The molecule has 1 aliphatic rings. The van der Waals surface area contributed by atoms with Gasteiger partial charge in [0.25, 0.3) is 5.22 Å². The highest BCUT2D eigenvalue weighted by molar-refractivity contribution is 7.99. The Bertz CT molecular complexity index is 387. The van der Waals surface area contributed by atoms with Crippen LogP contribution in [-0.4, -0.2) is 23.3 Å². The van der Waals surface area contributed by atoms with Crippen LogP contribution in [0, 0.1) is 17.2 Å².